The first-order valence-electron chi connectivity index (χ1n) is 1.21. The van der Waals surface area contributed by atoms with Gasteiger partial charge >= 0.3 is 0 Å². The average Bonchev–Trinajstić information content (AvgIpc) is 1.61. The minimum Gasteiger partial charge on any atom is -0.145 e. The van der Waals surface area contributed by atoms with Gasteiger partial charge in [0, 0.05) is 0 Å². The standard InChI is InChI=1S/C2H2N2O2/c5-3-1-2-4-6/h1-2H. The summed E-state index contributed by atoms with van der Waals surface area (Å²) in [6.07, 6.45) is 1.54. The molecule has 6 heavy (non-hydrogen) atoms. The summed E-state index contributed by atoms with van der Waals surface area (Å²) < 4.78 is 0. The highest BCUT2D eigenvalue weighted by Gasteiger charge is 1.57. The molecule has 32 valence electrons. The third-order valence-electron chi connectivity index (χ3n) is 0.188. The fraction of sp³-hybridized carbons (Fsp3) is 0. The Labute approximate surface area is 33.8 Å². The predicted molar refractivity (Wildman–Crippen MR) is 20.7 cm³/mol. The molecule has 0 saturated heterocycles. The second-order valence-corrected chi connectivity index (χ2v) is 0.509. The van der Waals surface area contributed by atoms with E-state index < -0.39 is 0 Å². The van der Waals surface area contributed by atoms with Crippen LogP contribution in [0, 0.1) is 9.81 Å². The molecule has 0 aliphatic heterocycles. The topological polar surface area (TPSA) is 58.9 Å². The first-order valence-corrected chi connectivity index (χ1v) is 1.21. The number of nitrogens with zero attached hydrogens (tertiary/aromatic N) is 2. The normalized spacial score (nSPS) is 8.67. The van der Waals surface area contributed by atoms with Crippen molar-refractivity contribution in [1.82, 2.24) is 0 Å². The van der Waals surface area contributed by atoms with Gasteiger partial charge in [0.25, 0.3) is 0 Å². The van der Waals surface area contributed by atoms with E-state index in [2.05, 4.69) is 10.4 Å². The summed E-state index contributed by atoms with van der Waals surface area (Å²) in [6.45, 7) is 0. The average molecular weight is 86.0 g/mol. The van der Waals surface area contributed by atoms with Crippen LogP contribution in [0.5, 0.6) is 0 Å². The Kier molecular flexibility index (Phi) is 3.24. The fourth-order valence-corrected chi connectivity index (χ4v) is 0.0544. The van der Waals surface area contributed by atoms with Crippen LogP contribution in [0.15, 0.2) is 22.8 Å². The van der Waals surface area contributed by atoms with E-state index in [1.165, 1.54) is 0 Å². The molecule has 0 bridgehead atoms. The van der Waals surface area contributed by atoms with E-state index in [4.69, 9.17) is 9.81 Å². The van der Waals surface area contributed by atoms with Crippen molar-refractivity contribution in [3.05, 3.63) is 22.2 Å². The van der Waals surface area contributed by atoms with Gasteiger partial charge in [-0.2, -0.15) is 0 Å². The van der Waals surface area contributed by atoms with Crippen LogP contribution in [0.25, 0.3) is 0 Å². The van der Waals surface area contributed by atoms with Crippen molar-refractivity contribution in [2.75, 3.05) is 0 Å². The molecule has 0 atom stereocenters. The number of rotatable bonds is 2. The van der Waals surface area contributed by atoms with Crippen LogP contribution in [0.4, 0.5) is 0 Å². The zero-order valence-corrected chi connectivity index (χ0v) is 2.87. The van der Waals surface area contributed by atoms with Gasteiger partial charge in [0.05, 0.1) is 12.4 Å². The number of nitroso groups, excluding NO2 is 2. The molecule has 0 aliphatic rings. The second-order valence-electron chi connectivity index (χ2n) is 0.509. The Balaban J connectivity index is 3.17. The van der Waals surface area contributed by atoms with E-state index in [1.54, 1.807) is 0 Å². The van der Waals surface area contributed by atoms with Crippen molar-refractivity contribution in [1.29, 1.82) is 0 Å². The third kappa shape index (κ3) is 2.94. The van der Waals surface area contributed by atoms with Gasteiger partial charge in [-0.3, -0.25) is 0 Å². The van der Waals surface area contributed by atoms with E-state index in [-0.39, 0.29) is 0 Å². The molecule has 0 aromatic rings. The van der Waals surface area contributed by atoms with Crippen molar-refractivity contribution in [3.63, 3.8) is 0 Å². The summed E-state index contributed by atoms with van der Waals surface area (Å²) in [6, 6.07) is 0. The summed E-state index contributed by atoms with van der Waals surface area (Å²) >= 11 is 0. The van der Waals surface area contributed by atoms with Crippen molar-refractivity contribution in [2.45, 2.75) is 0 Å². The molecule has 0 saturated carbocycles. The largest absolute Gasteiger partial charge is 0.145 e. The molecule has 0 radical (unpaired) electrons. The molecule has 0 aromatic carbocycles. The summed E-state index contributed by atoms with van der Waals surface area (Å²) in [5.41, 5.74) is 0. The lowest BCUT2D eigenvalue weighted by Gasteiger charge is -1.51. The van der Waals surface area contributed by atoms with Gasteiger partial charge in [-0.05, 0) is 10.4 Å². The van der Waals surface area contributed by atoms with Gasteiger partial charge in [-0.25, -0.2) is 0 Å². The van der Waals surface area contributed by atoms with Crippen LogP contribution < -0.4 is 0 Å². The van der Waals surface area contributed by atoms with Crippen molar-refractivity contribution in [2.24, 2.45) is 10.4 Å². The zero-order chi connectivity index (χ0) is 4.83. The molecule has 0 aliphatic carbocycles. The highest BCUT2D eigenvalue weighted by Crippen LogP contribution is 1.69. The molecule has 0 rings (SSSR count). The minimum absolute atomic E-state index is 0.771. The lowest BCUT2D eigenvalue weighted by Crippen LogP contribution is -1.38. The van der Waals surface area contributed by atoms with E-state index in [0.29, 0.717) is 0 Å². The Morgan fingerprint density at radius 1 is 1.00 bits per heavy atom. The maximum atomic E-state index is 9.03. The van der Waals surface area contributed by atoms with E-state index in [1.807, 2.05) is 0 Å². The van der Waals surface area contributed by atoms with Crippen LogP contribution in [-0.4, -0.2) is 0 Å². The Morgan fingerprint density at radius 2 is 1.33 bits per heavy atom. The maximum Gasteiger partial charge on any atom is 0.0933 e. The van der Waals surface area contributed by atoms with Crippen LogP contribution in [0.3, 0.4) is 0 Å². The third-order valence-corrected chi connectivity index (χ3v) is 0.188. The molecule has 4 nitrogen and oxygen atoms in total. The predicted octanol–water partition coefficient (Wildman–Crippen LogP) is 0.990. The molecular formula is C2H2N2O2. The summed E-state index contributed by atoms with van der Waals surface area (Å²) in [4.78, 5) is 18.1. The first kappa shape index (κ1) is 4.94. The zero-order valence-electron chi connectivity index (χ0n) is 2.87. The van der Waals surface area contributed by atoms with Crippen LogP contribution in [-0.2, 0) is 0 Å². The highest BCUT2D eigenvalue weighted by atomic mass is 16.3. The monoisotopic (exact) mass is 86.0 g/mol. The van der Waals surface area contributed by atoms with E-state index in [0.717, 1.165) is 12.4 Å². The second kappa shape index (κ2) is 3.94. The van der Waals surface area contributed by atoms with Gasteiger partial charge < -0.3 is 0 Å². The lowest BCUT2D eigenvalue weighted by atomic mass is 11.0. The van der Waals surface area contributed by atoms with Crippen LogP contribution in [0.1, 0.15) is 0 Å². The molecule has 0 spiro atoms. The van der Waals surface area contributed by atoms with Gasteiger partial charge in [-0.15, -0.1) is 9.81 Å². The number of hydrogen-bond acceptors (Lipinski definition) is 4. The minimum atomic E-state index is 0.771. The summed E-state index contributed by atoms with van der Waals surface area (Å²) in [7, 11) is 0. The first-order chi connectivity index (χ1) is 2.91. The van der Waals surface area contributed by atoms with Crippen molar-refractivity contribution in [3.8, 4) is 0 Å². The molecule has 0 aromatic heterocycles. The van der Waals surface area contributed by atoms with Crippen LogP contribution >= 0.6 is 0 Å². The molecule has 0 amide bonds. The molecule has 0 fully saturated rings. The quantitative estimate of drug-likeness (QED) is 0.470. The van der Waals surface area contributed by atoms with Crippen LogP contribution in [0.2, 0.25) is 0 Å². The smallest absolute Gasteiger partial charge is 0.0933 e. The molecule has 0 heterocycles. The Morgan fingerprint density at radius 3 is 1.50 bits per heavy atom. The van der Waals surface area contributed by atoms with Gasteiger partial charge in [0.2, 0.25) is 0 Å². The Bertz CT molecular complexity index is 67.6. The van der Waals surface area contributed by atoms with Crippen molar-refractivity contribution >= 4 is 0 Å². The van der Waals surface area contributed by atoms with Gasteiger partial charge in [0.15, 0.2) is 0 Å². The van der Waals surface area contributed by atoms with Crippen molar-refractivity contribution < 1.29 is 0 Å². The van der Waals surface area contributed by atoms with E-state index in [9.17, 15) is 0 Å². The molecule has 0 unspecified atom stereocenters. The SMILES string of the molecule is O=NC=CN=O. The van der Waals surface area contributed by atoms with Gasteiger partial charge in [0.1, 0.15) is 0 Å². The highest BCUT2D eigenvalue weighted by molar-refractivity contribution is 4.74. The summed E-state index contributed by atoms with van der Waals surface area (Å²) in [5, 5.41) is 4.40. The molecular weight excluding hydrogens is 84.0 g/mol. The molecule has 4 heteroatoms. The Hall–Kier alpha value is -1.06. The fourth-order valence-electron chi connectivity index (χ4n) is 0.0544. The lowest BCUT2D eigenvalue weighted by molar-refractivity contribution is 1.44. The molecule has 0 N–H and O–H groups in total. The van der Waals surface area contributed by atoms with E-state index >= 15 is 0 Å². The van der Waals surface area contributed by atoms with Gasteiger partial charge in [-0.1, -0.05) is 0 Å². The summed E-state index contributed by atoms with van der Waals surface area (Å²) in [5.74, 6) is 0. The maximum absolute atomic E-state index is 9.03. The number of hydrogen-bond donors (Lipinski definition) is 0.